The van der Waals surface area contributed by atoms with Crippen molar-refractivity contribution in [1.29, 1.82) is 0 Å². The molecule has 5 rings (SSSR count). The third kappa shape index (κ3) is 3.33. The van der Waals surface area contributed by atoms with Gasteiger partial charge in [0.2, 0.25) is 5.91 Å². The van der Waals surface area contributed by atoms with Gasteiger partial charge >= 0.3 is 0 Å². The van der Waals surface area contributed by atoms with E-state index in [0.29, 0.717) is 17.7 Å². The van der Waals surface area contributed by atoms with Crippen molar-refractivity contribution in [3.63, 3.8) is 0 Å². The summed E-state index contributed by atoms with van der Waals surface area (Å²) in [6.45, 7) is 4.77. The van der Waals surface area contributed by atoms with E-state index in [4.69, 9.17) is 5.73 Å². The Balaban J connectivity index is 1.40. The van der Waals surface area contributed by atoms with Crippen LogP contribution in [0.25, 0.3) is 21.9 Å². The minimum atomic E-state index is -0.700. The summed E-state index contributed by atoms with van der Waals surface area (Å²) in [7, 11) is 0. The van der Waals surface area contributed by atoms with Crippen molar-refractivity contribution in [1.82, 2.24) is 19.4 Å². The van der Waals surface area contributed by atoms with Crippen LogP contribution >= 0.6 is 0 Å². The summed E-state index contributed by atoms with van der Waals surface area (Å²) in [5.41, 5.74) is 8.92. The highest BCUT2D eigenvalue weighted by Crippen LogP contribution is 2.29. The minimum Gasteiger partial charge on any atom is -0.389 e. The van der Waals surface area contributed by atoms with Crippen molar-refractivity contribution in [3.05, 3.63) is 65.6 Å². The molecule has 8 heteroatoms. The average molecular weight is 431 g/mol. The fourth-order valence-corrected chi connectivity index (χ4v) is 4.43. The van der Waals surface area contributed by atoms with Crippen LogP contribution in [0.3, 0.4) is 0 Å². The molecule has 1 fully saturated rings. The Morgan fingerprint density at radius 2 is 1.91 bits per heavy atom. The molecule has 4 N–H and O–H groups in total. The topological polar surface area (TPSA) is 117 Å². The number of aliphatic hydroxyl groups is 1. The van der Waals surface area contributed by atoms with Crippen molar-refractivity contribution < 1.29 is 14.7 Å². The fraction of sp³-hybridized carbons (Fsp3) is 0.292. The second-order valence-electron chi connectivity index (χ2n) is 8.71. The molecule has 0 spiro atoms. The molecule has 1 aliphatic rings. The zero-order valence-corrected chi connectivity index (χ0v) is 17.9. The number of hydrogen-bond acceptors (Lipinski definition) is 4. The number of aromatic amines is 1. The molecule has 3 heterocycles. The molecule has 2 aromatic heterocycles. The smallest absolute Gasteiger partial charge is 0.254 e. The van der Waals surface area contributed by atoms with Crippen LogP contribution in [0, 0.1) is 0 Å². The molecule has 1 saturated heterocycles. The lowest BCUT2D eigenvalue weighted by atomic mass is 10.1. The van der Waals surface area contributed by atoms with Crippen molar-refractivity contribution in [2.75, 3.05) is 13.1 Å². The Labute approximate surface area is 184 Å². The largest absolute Gasteiger partial charge is 0.389 e. The summed E-state index contributed by atoms with van der Waals surface area (Å²) >= 11 is 0. The molecule has 2 atom stereocenters. The number of fused-ring (bicyclic) bond motifs is 2. The first kappa shape index (κ1) is 20.3. The number of benzene rings is 2. The summed E-state index contributed by atoms with van der Waals surface area (Å²) < 4.78 is 1.96. The van der Waals surface area contributed by atoms with Crippen LogP contribution in [0.2, 0.25) is 0 Å². The van der Waals surface area contributed by atoms with Crippen LogP contribution < -0.4 is 5.73 Å². The zero-order chi connectivity index (χ0) is 22.6. The van der Waals surface area contributed by atoms with Gasteiger partial charge in [-0.1, -0.05) is 13.8 Å². The molecular weight excluding hydrogens is 406 g/mol. The number of aliphatic hydroxyl groups excluding tert-OH is 1. The van der Waals surface area contributed by atoms with Gasteiger partial charge in [0.15, 0.2) is 0 Å². The lowest BCUT2D eigenvalue weighted by Crippen LogP contribution is -2.29. The van der Waals surface area contributed by atoms with E-state index >= 15 is 0 Å². The number of hydrogen-bond donors (Lipinski definition) is 3. The molecule has 4 aromatic rings. The molecule has 0 aliphatic carbocycles. The molecule has 8 nitrogen and oxygen atoms in total. The van der Waals surface area contributed by atoms with Crippen molar-refractivity contribution in [3.8, 4) is 0 Å². The average Bonchev–Trinajstić information content (AvgIpc) is 3.48. The molecule has 0 unspecified atom stereocenters. The van der Waals surface area contributed by atoms with Crippen molar-refractivity contribution in [2.45, 2.75) is 31.9 Å². The SMILES string of the molecule is CC(C)c1nc2ccc(C(=O)N3C[C@@H](O)[C@H](n4ccc5cc(C(N)=O)ccc54)C3)cc2[nH]1. The molecular formula is C24H25N5O3. The van der Waals surface area contributed by atoms with E-state index < -0.39 is 12.0 Å². The Kier molecular flexibility index (Phi) is 4.74. The number of H-pyrrole nitrogens is 1. The maximum Gasteiger partial charge on any atom is 0.254 e. The van der Waals surface area contributed by atoms with E-state index in [1.54, 1.807) is 23.1 Å². The second-order valence-corrected chi connectivity index (χ2v) is 8.71. The number of β-amino-alcohol motifs (C(OH)–C–C–N with tert-alkyl or cyclic N) is 1. The van der Waals surface area contributed by atoms with E-state index in [1.165, 1.54) is 0 Å². The lowest BCUT2D eigenvalue weighted by molar-refractivity contribution is 0.0764. The van der Waals surface area contributed by atoms with Gasteiger partial charge in [-0.25, -0.2) is 4.98 Å². The summed E-state index contributed by atoms with van der Waals surface area (Å²) in [4.78, 5) is 34.2. The molecule has 1 aliphatic heterocycles. The minimum absolute atomic E-state index is 0.123. The number of nitrogens with zero attached hydrogens (tertiary/aromatic N) is 3. The maximum atomic E-state index is 13.2. The van der Waals surface area contributed by atoms with Crippen LogP contribution in [-0.4, -0.2) is 55.5 Å². The molecule has 164 valence electrons. The van der Waals surface area contributed by atoms with Gasteiger partial charge in [0.05, 0.1) is 23.2 Å². The summed E-state index contributed by atoms with van der Waals surface area (Å²) in [6, 6.07) is 12.3. The Bertz CT molecular complexity index is 1350. The number of carbonyl (C=O) groups excluding carboxylic acids is 2. The number of rotatable bonds is 4. The highest BCUT2D eigenvalue weighted by atomic mass is 16.3. The van der Waals surface area contributed by atoms with Crippen molar-refractivity contribution >= 4 is 33.8 Å². The van der Waals surface area contributed by atoms with Gasteiger partial charge < -0.3 is 25.3 Å². The van der Waals surface area contributed by atoms with Crippen LogP contribution in [0.4, 0.5) is 0 Å². The Morgan fingerprint density at radius 1 is 1.12 bits per heavy atom. The first-order valence-electron chi connectivity index (χ1n) is 10.7. The number of amides is 2. The predicted octanol–water partition coefficient (Wildman–Crippen LogP) is 2.80. The highest BCUT2D eigenvalue weighted by Gasteiger charge is 2.36. The number of imidazole rings is 1. The molecule has 32 heavy (non-hydrogen) atoms. The van der Waals surface area contributed by atoms with Gasteiger partial charge in [0.1, 0.15) is 5.82 Å². The first-order chi connectivity index (χ1) is 15.3. The third-order valence-corrected chi connectivity index (χ3v) is 6.20. The molecule has 0 bridgehead atoms. The zero-order valence-electron chi connectivity index (χ0n) is 17.9. The third-order valence-electron chi connectivity index (χ3n) is 6.20. The summed E-state index contributed by atoms with van der Waals surface area (Å²) in [6.07, 6.45) is 1.18. The van der Waals surface area contributed by atoms with Gasteiger partial charge in [-0.15, -0.1) is 0 Å². The predicted molar refractivity (Wildman–Crippen MR) is 122 cm³/mol. The van der Waals surface area contributed by atoms with Crippen LogP contribution in [0.15, 0.2) is 48.7 Å². The number of nitrogens with two attached hydrogens (primary N) is 1. The molecule has 0 radical (unpaired) electrons. The van der Waals surface area contributed by atoms with E-state index in [1.807, 2.05) is 35.0 Å². The Hall–Kier alpha value is -3.65. The maximum absolute atomic E-state index is 13.2. The number of carbonyl (C=O) groups is 2. The fourth-order valence-electron chi connectivity index (χ4n) is 4.43. The summed E-state index contributed by atoms with van der Waals surface area (Å²) in [5.74, 6) is 0.556. The normalized spacial score (nSPS) is 18.8. The molecule has 2 aromatic carbocycles. The second kappa shape index (κ2) is 7.49. The van der Waals surface area contributed by atoms with Gasteiger partial charge in [-0.3, -0.25) is 9.59 Å². The highest BCUT2D eigenvalue weighted by molar-refractivity contribution is 5.98. The Morgan fingerprint density at radius 3 is 2.66 bits per heavy atom. The van der Waals surface area contributed by atoms with Crippen LogP contribution in [0.5, 0.6) is 0 Å². The van der Waals surface area contributed by atoms with E-state index in [9.17, 15) is 14.7 Å². The van der Waals surface area contributed by atoms with Gasteiger partial charge in [0, 0.05) is 47.2 Å². The standard InChI is InChI=1S/C24H25N5O3/c1-13(2)23-26-17-5-3-16(10-18(17)27-23)24(32)28-11-20(21(30)12-28)29-8-7-14-9-15(22(25)31)4-6-19(14)29/h3-10,13,20-21,30H,11-12H2,1-2H3,(H2,25,31)(H,26,27)/t20-,21-/m1/s1. The monoisotopic (exact) mass is 431 g/mol. The quantitative estimate of drug-likeness (QED) is 0.460. The van der Waals surface area contributed by atoms with Crippen LogP contribution in [0.1, 0.15) is 52.3 Å². The van der Waals surface area contributed by atoms with E-state index in [2.05, 4.69) is 23.8 Å². The summed E-state index contributed by atoms with van der Waals surface area (Å²) in [5, 5.41) is 11.6. The van der Waals surface area contributed by atoms with Gasteiger partial charge in [-0.2, -0.15) is 0 Å². The van der Waals surface area contributed by atoms with Gasteiger partial charge in [0.25, 0.3) is 5.91 Å². The van der Waals surface area contributed by atoms with E-state index in [-0.39, 0.29) is 24.4 Å². The molecule has 2 amide bonds. The molecule has 0 saturated carbocycles. The first-order valence-corrected chi connectivity index (χ1v) is 10.7. The number of likely N-dealkylation sites (tertiary alicyclic amines) is 1. The van der Waals surface area contributed by atoms with Crippen molar-refractivity contribution in [2.24, 2.45) is 5.73 Å². The van der Waals surface area contributed by atoms with Gasteiger partial charge in [-0.05, 0) is 42.5 Å². The number of primary amides is 1. The van der Waals surface area contributed by atoms with E-state index in [0.717, 1.165) is 27.8 Å². The number of nitrogens with one attached hydrogen (secondary N) is 1. The number of aromatic nitrogens is 3. The lowest BCUT2D eigenvalue weighted by Gasteiger charge is -2.18. The van der Waals surface area contributed by atoms with Crippen LogP contribution in [-0.2, 0) is 0 Å².